The van der Waals surface area contributed by atoms with Crippen molar-refractivity contribution in [3.05, 3.63) is 20.8 Å². The summed E-state index contributed by atoms with van der Waals surface area (Å²) in [6, 6.07) is 4.21. The molecule has 1 heterocycles. The molecule has 0 bridgehead atoms. The average Bonchev–Trinajstić information content (AvgIpc) is 2.82. The third kappa shape index (κ3) is 3.32. The van der Waals surface area contributed by atoms with Gasteiger partial charge in [0.1, 0.15) is 6.17 Å². The lowest BCUT2D eigenvalue weighted by atomic mass is 9.68. The summed E-state index contributed by atoms with van der Waals surface area (Å²) >= 11 is 5.28. The van der Waals surface area contributed by atoms with Gasteiger partial charge in [-0.15, -0.1) is 11.3 Å². The highest BCUT2D eigenvalue weighted by atomic mass is 79.9. The summed E-state index contributed by atoms with van der Waals surface area (Å²) in [5.41, 5.74) is 0.119. The third-order valence-corrected chi connectivity index (χ3v) is 6.91. The normalized spacial score (nSPS) is 26.0. The molecular formula is C16H22BrFN2OS. The number of rotatable bonds is 5. The van der Waals surface area contributed by atoms with Gasteiger partial charge in [0.15, 0.2) is 0 Å². The molecule has 1 aromatic heterocycles. The van der Waals surface area contributed by atoms with Crippen LogP contribution in [0.4, 0.5) is 9.18 Å². The van der Waals surface area contributed by atoms with Crippen LogP contribution in [-0.2, 0) is 5.41 Å². The maximum atomic E-state index is 12.8. The van der Waals surface area contributed by atoms with Crippen molar-refractivity contribution in [1.82, 2.24) is 10.2 Å². The van der Waals surface area contributed by atoms with E-state index in [-0.39, 0.29) is 11.4 Å². The molecule has 0 aliphatic heterocycles. The van der Waals surface area contributed by atoms with Gasteiger partial charge in [-0.3, -0.25) is 0 Å². The van der Waals surface area contributed by atoms with Crippen LogP contribution in [0.5, 0.6) is 0 Å². The Kier molecular flexibility index (Phi) is 4.78. The molecule has 0 unspecified atom stereocenters. The second kappa shape index (κ2) is 6.48. The van der Waals surface area contributed by atoms with Crippen LogP contribution in [0.2, 0.25) is 0 Å². The lowest BCUT2D eigenvalue weighted by molar-refractivity contribution is 0.104. The van der Waals surface area contributed by atoms with E-state index in [2.05, 4.69) is 33.4 Å². The number of hydrogen-bond donors (Lipinski definition) is 1. The van der Waals surface area contributed by atoms with Gasteiger partial charge in [0, 0.05) is 30.4 Å². The van der Waals surface area contributed by atoms with Crippen LogP contribution in [0.3, 0.4) is 0 Å². The molecule has 0 atom stereocenters. The van der Waals surface area contributed by atoms with E-state index in [0.29, 0.717) is 31.8 Å². The fourth-order valence-corrected chi connectivity index (χ4v) is 5.00. The minimum atomic E-state index is -0.656. The fraction of sp³-hybridized carbons (Fsp3) is 0.688. The molecule has 3 nitrogen and oxygen atoms in total. The number of alkyl halides is 1. The SMILES string of the molecule is CN(CC1CC(F)C1)C(=O)NCC1(c2ccc(Br)s2)CCC1. The zero-order chi connectivity index (χ0) is 15.7. The molecule has 2 aliphatic carbocycles. The van der Waals surface area contributed by atoms with Gasteiger partial charge in [0.05, 0.1) is 3.79 Å². The Hall–Kier alpha value is -0.620. The van der Waals surface area contributed by atoms with Crippen LogP contribution >= 0.6 is 27.3 Å². The highest BCUT2D eigenvalue weighted by molar-refractivity contribution is 9.11. The molecule has 1 aromatic rings. The smallest absolute Gasteiger partial charge is 0.317 e. The zero-order valence-electron chi connectivity index (χ0n) is 12.8. The minimum Gasteiger partial charge on any atom is -0.337 e. The molecule has 0 radical (unpaired) electrons. The van der Waals surface area contributed by atoms with Crippen LogP contribution in [0.15, 0.2) is 15.9 Å². The molecule has 2 amide bonds. The van der Waals surface area contributed by atoms with Gasteiger partial charge in [0.25, 0.3) is 0 Å². The van der Waals surface area contributed by atoms with Crippen molar-refractivity contribution in [2.75, 3.05) is 20.1 Å². The van der Waals surface area contributed by atoms with E-state index in [1.54, 1.807) is 23.3 Å². The summed E-state index contributed by atoms with van der Waals surface area (Å²) in [7, 11) is 1.80. The second-order valence-electron chi connectivity index (χ2n) is 6.71. The first-order chi connectivity index (χ1) is 10.5. The lowest BCUT2D eigenvalue weighted by Gasteiger charge is -2.42. The summed E-state index contributed by atoms with van der Waals surface area (Å²) in [5, 5.41) is 3.08. The Morgan fingerprint density at radius 2 is 2.23 bits per heavy atom. The Morgan fingerprint density at radius 1 is 1.50 bits per heavy atom. The number of carbonyl (C=O) groups is 1. The molecule has 0 spiro atoms. The molecule has 22 heavy (non-hydrogen) atoms. The molecular weight excluding hydrogens is 367 g/mol. The van der Waals surface area contributed by atoms with E-state index in [4.69, 9.17) is 0 Å². The quantitative estimate of drug-likeness (QED) is 0.799. The van der Waals surface area contributed by atoms with Crippen molar-refractivity contribution < 1.29 is 9.18 Å². The van der Waals surface area contributed by atoms with Crippen LogP contribution in [0, 0.1) is 5.92 Å². The summed E-state index contributed by atoms with van der Waals surface area (Å²) in [4.78, 5) is 15.3. The number of nitrogens with one attached hydrogen (secondary N) is 1. The number of nitrogens with zero attached hydrogens (tertiary/aromatic N) is 1. The van der Waals surface area contributed by atoms with Crippen LogP contribution in [0.1, 0.15) is 37.0 Å². The summed E-state index contributed by atoms with van der Waals surface area (Å²) < 4.78 is 14.0. The first kappa shape index (κ1) is 16.2. The molecule has 6 heteroatoms. The predicted octanol–water partition coefficient (Wildman–Crippen LogP) is 4.32. The third-order valence-electron chi connectivity index (χ3n) is 5.04. The number of hydrogen-bond acceptors (Lipinski definition) is 2. The van der Waals surface area contributed by atoms with E-state index in [9.17, 15) is 9.18 Å². The van der Waals surface area contributed by atoms with E-state index in [1.165, 1.54) is 11.3 Å². The van der Waals surface area contributed by atoms with Crippen molar-refractivity contribution in [2.45, 2.75) is 43.7 Å². The van der Waals surface area contributed by atoms with E-state index in [0.717, 1.165) is 16.6 Å². The van der Waals surface area contributed by atoms with Gasteiger partial charge in [-0.05, 0) is 59.7 Å². The number of halogens is 2. The van der Waals surface area contributed by atoms with Crippen molar-refractivity contribution in [2.24, 2.45) is 5.92 Å². The average molecular weight is 389 g/mol. The predicted molar refractivity (Wildman–Crippen MR) is 91.2 cm³/mol. The summed E-state index contributed by atoms with van der Waals surface area (Å²) in [5.74, 6) is 0.330. The Bertz CT molecular complexity index is 540. The van der Waals surface area contributed by atoms with Gasteiger partial charge in [-0.25, -0.2) is 9.18 Å². The van der Waals surface area contributed by atoms with Crippen molar-refractivity contribution in [1.29, 1.82) is 0 Å². The Balaban J connectivity index is 1.51. The first-order valence-corrected chi connectivity index (χ1v) is 9.48. The van der Waals surface area contributed by atoms with Gasteiger partial charge in [-0.1, -0.05) is 6.42 Å². The molecule has 0 aromatic carbocycles. The standard InChI is InChI=1S/C16H22BrFN2OS/c1-20(9-11-7-12(18)8-11)15(21)19-10-16(5-2-6-16)13-3-4-14(17)22-13/h3-4,11-12H,2,5-10H2,1H3,(H,19,21). The lowest BCUT2D eigenvalue weighted by Crippen LogP contribution is -2.49. The largest absolute Gasteiger partial charge is 0.337 e. The topological polar surface area (TPSA) is 32.3 Å². The number of carbonyl (C=O) groups excluding carboxylic acids is 1. The maximum absolute atomic E-state index is 12.8. The monoisotopic (exact) mass is 388 g/mol. The van der Waals surface area contributed by atoms with Crippen LogP contribution in [-0.4, -0.2) is 37.2 Å². The van der Waals surface area contributed by atoms with E-state index in [1.807, 2.05) is 0 Å². The Morgan fingerprint density at radius 3 is 2.73 bits per heavy atom. The summed E-state index contributed by atoms with van der Waals surface area (Å²) in [6.45, 7) is 1.35. The van der Waals surface area contributed by atoms with Crippen LogP contribution < -0.4 is 5.32 Å². The molecule has 0 saturated heterocycles. The number of amides is 2. The Labute approximate surface area is 143 Å². The van der Waals surface area contributed by atoms with Crippen molar-refractivity contribution in [3.63, 3.8) is 0 Å². The van der Waals surface area contributed by atoms with Crippen LogP contribution in [0.25, 0.3) is 0 Å². The molecule has 122 valence electrons. The van der Waals surface area contributed by atoms with Crippen molar-refractivity contribution in [3.8, 4) is 0 Å². The van der Waals surface area contributed by atoms with E-state index < -0.39 is 6.17 Å². The molecule has 3 rings (SSSR count). The maximum Gasteiger partial charge on any atom is 0.317 e. The number of thiophene rings is 1. The molecule has 1 N–H and O–H groups in total. The van der Waals surface area contributed by atoms with Gasteiger partial charge < -0.3 is 10.2 Å². The van der Waals surface area contributed by atoms with E-state index >= 15 is 0 Å². The zero-order valence-corrected chi connectivity index (χ0v) is 15.2. The fourth-order valence-electron chi connectivity index (χ4n) is 3.37. The highest BCUT2D eigenvalue weighted by Crippen LogP contribution is 2.46. The molecule has 2 aliphatic rings. The summed E-state index contributed by atoms with van der Waals surface area (Å²) in [6.07, 6.45) is 4.04. The van der Waals surface area contributed by atoms with Gasteiger partial charge >= 0.3 is 6.03 Å². The molecule has 2 saturated carbocycles. The highest BCUT2D eigenvalue weighted by Gasteiger charge is 2.40. The van der Waals surface area contributed by atoms with Gasteiger partial charge in [0.2, 0.25) is 0 Å². The van der Waals surface area contributed by atoms with Gasteiger partial charge in [-0.2, -0.15) is 0 Å². The second-order valence-corrected chi connectivity index (χ2v) is 9.17. The van der Waals surface area contributed by atoms with Crippen molar-refractivity contribution >= 4 is 33.3 Å². The number of urea groups is 1. The minimum absolute atomic E-state index is 0.0378. The first-order valence-electron chi connectivity index (χ1n) is 7.87. The molecule has 2 fully saturated rings.